The molecule has 2 heterocycles. The van der Waals surface area contributed by atoms with E-state index in [1.165, 1.54) is 17.3 Å². The van der Waals surface area contributed by atoms with Crippen molar-refractivity contribution < 1.29 is 34.6 Å². The minimum absolute atomic E-state index is 0.497. The van der Waals surface area contributed by atoms with Crippen LogP contribution >= 0.6 is 11.6 Å². The highest BCUT2D eigenvalue weighted by molar-refractivity contribution is 6.30. The predicted octanol–water partition coefficient (Wildman–Crippen LogP) is 0.740. The van der Waals surface area contributed by atoms with Crippen molar-refractivity contribution in [3.05, 3.63) is 41.9 Å². The Balaban J connectivity index is 1.91. The SMILES string of the molecule is CC(C)(C)C(O[C@@H]1O[C@H](CO)[C@@H](O)[C@H](O)[C@H]1O)C(Oc1ccc(Cl)cc1)n1cncn1. The molecule has 0 amide bonds. The van der Waals surface area contributed by atoms with E-state index in [0.717, 1.165) is 0 Å². The quantitative estimate of drug-likeness (QED) is 0.474. The van der Waals surface area contributed by atoms with Crippen molar-refractivity contribution in [2.45, 2.75) is 63.8 Å². The van der Waals surface area contributed by atoms with Crippen LogP contribution in [0.3, 0.4) is 0 Å². The number of aliphatic hydroxyl groups is 4. The van der Waals surface area contributed by atoms with Gasteiger partial charge in [0, 0.05) is 5.02 Å². The normalized spacial score (nSPS) is 28.8. The molecule has 1 aliphatic rings. The van der Waals surface area contributed by atoms with Crippen molar-refractivity contribution in [3.8, 4) is 5.75 Å². The molecule has 0 aliphatic carbocycles. The molecule has 0 saturated carbocycles. The first-order valence-corrected chi connectivity index (χ1v) is 10.2. The average Bonchev–Trinajstić information content (AvgIpc) is 3.25. The third-order valence-corrected chi connectivity index (χ3v) is 5.26. The molecule has 1 aliphatic heterocycles. The van der Waals surface area contributed by atoms with Gasteiger partial charge in [-0.2, -0.15) is 5.10 Å². The summed E-state index contributed by atoms with van der Waals surface area (Å²) in [4.78, 5) is 3.98. The number of rotatable bonds is 7. The highest BCUT2D eigenvalue weighted by Gasteiger charge is 2.48. The fourth-order valence-corrected chi connectivity index (χ4v) is 3.41. The second kappa shape index (κ2) is 9.78. The smallest absolute Gasteiger partial charge is 0.219 e. The second-order valence-corrected chi connectivity index (χ2v) is 8.89. The van der Waals surface area contributed by atoms with E-state index >= 15 is 0 Å². The van der Waals surface area contributed by atoms with Crippen LogP contribution < -0.4 is 4.74 Å². The summed E-state index contributed by atoms with van der Waals surface area (Å²) in [7, 11) is 0. The molecule has 3 rings (SSSR count). The third kappa shape index (κ3) is 5.53. The molecule has 1 saturated heterocycles. The Morgan fingerprint density at radius 2 is 1.81 bits per heavy atom. The van der Waals surface area contributed by atoms with Crippen molar-refractivity contribution in [2.24, 2.45) is 5.41 Å². The highest BCUT2D eigenvalue weighted by Crippen LogP contribution is 2.36. The first-order chi connectivity index (χ1) is 14.6. The lowest BCUT2D eigenvalue weighted by Gasteiger charge is -2.44. The average molecular weight is 458 g/mol. The minimum atomic E-state index is -1.56. The Bertz CT molecular complexity index is 813. The summed E-state index contributed by atoms with van der Waals surface area (Å²) in [6, 6.07) is 6.75. The van der Waals surface area contributed by atoms with Gasteiger partial charge in [0.1, 0.15) is 48.9 Å². The van der Waals surface area contributed by atoms with Gasteiger partial charge in [0.25, 0.3) is 0 Å². The number of ether oxygens (including phenoxy) is 3. The maximum atomic E-state index is 10.4. The summed E-state index contributed by atoms with van der Waals surface area (Å²) in [6.45, 7) is 5.14. The Kier molecular flexibility index (Phi) is 7.53. The van der Waals surface area contributed by atoms with Crippen LogP contribution in [0.15, 0.2) is 36.9 Å². The minimum Gasteiger partial charge on any atom is -0.466 e. The fourth-order valence-electron chi connectivity index (χ4n) is 3.28. The molecule has 1 fully saturated rings. The number of hydrogen-bond donors (Lipinski definition) is 4. The number of hydrogen-bond acceptors (Lipinski definition) is 9. The molecule has 0 radical (unpaired) electrons. The number of nitrogens with zero attached hydrogens (tertiary/aromatic N) is 3. The highest BCUT2D eigenvalue weighted by atomic mass is 35.5. The standard InChI is InChI=1S/C20H28ClN3O7/c1-20(2,3)17(31-19-16(28)15(27)14(26)13(8-25)30-19)18(24-10-22-9-23-24)29-12-6-4-11(21)5-7-12/h4-7,9-10,13-19,25-28H,8H2,1-3H3/t13-,14-,15+,16-,17?,18?,19+/m1/s1. The molecular formula is C20H28ClN3O7. The van der Waals surface area contributed by atoms with Crippen molar-refractivity contribution >= 4 is 11.6 Å². The summed E-state index contributed by atoms with van der Waals surface area (Å²) in [5.74, 6) is 0.497. The molecule has 10 nitrogen and oxygen atoms in total. The van der Waals surface area contributed by atoms with E-state index < -0.39 is 55.1 Å². The van der Waals surface area contributed by atoms with Gasteiger partial charge >= 0.3 is 0 Å². The molecule has 4 N–H and O–H groups in total. The van der Waals surface area contributed by atoms with Crippen LogP contribution in [-0.4, -0.2) is 78.6 Å². The first kappa shape index (κ1) is 23.9. The van der Waals surface area contributed by atoms with E-state index in [4.69, 9.17) is 25.8 Å². The molecule has 11 heteroatoms. The zero-order valence-electron chi connectivity index (χ0n) is 17.4. The molecule has 1 aromatic carbocycles. The van der Waals surface area contributed by atoms with Gasteiger partial charge in [-0.05, 0) is 29.7 Å². The first-order valence-electron chi connectivity index (χ1n) is 9.84. The predicted molar refractivity (Wildman–Crippen MR) is 109 cm³/mol. The summed E-state index contributed by atoms with van der Waals surface area (Å²) in [5, 5.41) is 44.8. The van der Waals surface area contributed by atoms with Gasteiger partial charge in [-0.15, -0.1) is 0 Å². The van der Waals surface area contributed by atoms with Crippen LogP contribution in [-0.2, 0) is 9.47 Å². The van der Waals surface area contributed by atoms with E-state index in [0.29, 0.717) is 10.8 Å². The Labute approximate surface area is 185 Å². The van der Waals surface area contributed by atoms with Crippen LogP contribution in [0.25, 0.3) is 0 Å². The summed E-state index contributed by atoms with van der Waals surface area (Å²) in [5.41, 5.74) is -0.568. The number of halogens is 1. The van der Waals surface area contributed by atoms with Crippen molar-refractivity contribution in [1.82, 2.24) is 14.8 Å². The monoisotopic (exact) mass is 457 g/mol. The van der Waals surface area contributed by atoms with Gasteiger partial charge in [-0.1, -0.05) is 32.4 Å². The molecule has 0 bridgehead atoms. The summed E-state index contributed by atoms with van der Waals surface area (Å²) in [6.07, 6.45) is -5.80. The van der Waals surface area contributed by atoms with Gasteiger partial charge in [-0.3, -0.25) is 0 Å². The summed E-state index contributed by atoms with van der Waals surface area (Å²) < 4.78 is 19.3. The molecular weight excluding hydrogens is 430 g/mol. The molecule has 7 atom stereocenters. The van der Waals surface area contributed by atoms with Gasteiger partial charge in [-0.25, -0.2) is 9.67 Å². The van der Waals surface area contributed by atoms with Crippen LogP contribution in [0.1, 0.15) is 27.0 Å². The van der Waals surface area contributed by atoms with E-state index in [2.05, 4.69) is 10.1 Å². The van der Waals surface area contributed by atoms with Crippen molar-refractivity contribution in [2.75, 3.05) is 6.61 Å². The van der Waals surface area contributed by atoms with Gasteiger partial charge in [0.05, 0.1) is 6.61 Å². The lowest BCUT2D eigenvalue weighted by Crippen LogP contribution is -2.60. The fraction of sp³-hybridized carbons (Fsp3) is 0.600. The number of aromatic nitrogens is 3. The van der Waals surface area contributed by atoms with Crippen LogP contribution in [0.4, 0.5) is 0 Å². The maximum Gasteiger partial charge on any atom is 0.219 e. The molecule has 2 aromatic rings. The Morgan fingerprint density at radius 1 is 1.13 bits per heavy atom. The van der Waals surface area contributed by atoms with E-state index in [1.807, 2.05) is 20.8 Å². The molecule has 31 heavy (non-hydrogen) atoms. The van der Waals surface area contributed by atoms with Crippen molar-refractivity contribution in [1.29, 1.82) is 0 Å². The zero-order chi connectivity index (χ0) is 22.8. The Morgan fingerprint density at radius 3 is 2.35 bits per heavy atom. The van der Waals surface area contributed by atoms with Crippen molar-refractivity contribution in [3.63, 3.8) is 0 Å². The van der Waals surface area contributed by atoms with E-state index in [1.54, 1.807) is 24.3 Å². The molecule has 2 unspecified atom stereocenters. The molecule has 1 aromatic heterocycles. The lowest BCUT2D eigenvalue weighted by atomic mass is 9.87. The summed E-state index contributed by atoms with van der Waals surface area (Å²) >= 11 is 5.96. The third-order valence-electron chi connectivity index (χ3n) is 5.01. The Hall–Kier alpha value is -1.79. The molecule has 0 spiro atoms. The van der Waals surface area contributed by atoms with Gasteiger partial charge < -0.3 is 34.6 Å². The number of benzene rings is 1. The largest absolute Gasteiger partial charge is 0.466 e. The van der Waals surface area contributed by atoms with Crippen LogP contribution in [0, 0.1) is 5.41 Å². The maximum absolute atomic E-state index is 10.4. The number of aliphatic hydroxyl groups excluding tert-OH is 4. The van der Waals surface area contributed by atoms with Crippen LogP contribution in [0.2, 0.25) is 5.02 Å². The van der Waals surface area contributed by atoms with Gasteiger partial charge in [0.15, 0.2) is 6.29 Å². The molecule has 172 valence electrons. The lowest BCUT2D eigenvalue weighted by molar-refractivity contribution is -0.328. The van der Waals surface area contributed by atoms with E-state index in [9.17, 15) is 20.4 Å². The van der Waals surface area contributed by atoms with E-state index in [-0.39, 0.29) is 0 Å². The van der Waals surface area contributed by atoms with Crippen LogP contribution in [0.5, 0.6) is 5.75 Å². The zero-order valence-corrected chi connectivity index (χ0v) is 18.2. The van der Waals surface area contributed by atoms with Gasteiger partial charge in [0.2, 0.25) is 6.23 Å². The second-order valence-electron chi connectivity index (χ2n) is 8.46. The topological polar surface area (TPSA) is 139 Å².